The molecule has 0 aliphatic heterocycles. The molecule has 6 heterocycles. The molecule has 0 radical (unpaired) electrons. The van der Waals surface area contributed by atoms with Crippen LogP contribution in [0.4, 0.5) is 0 Å². The third-order valence-electron chi connectivity index (χ3n) is 8.52. The second kappa shape index (κ2) is 10.6. The first-order valence-corrected chi connectivity index (χ1v) is 15.4. The van der Waals surface area contributed by atoms with Gasteiger partial charge in [-0.3, -0.25) is 9.13 Å². The van der Waals surface area contributed by atoms with Crippen molar-refractivity contribution in [3.63, 3.8) is 0 Å². The van der Waals surface area contributed by atoms with E-state index in [1.165, 1.54) is 0 Å². The summed E-state index contributed by atoms with van der Waals surface area (Å²) in [5.41, 5.74) is 11.6. The van der Waals surface area contributed by atoms with Gasteiger partial charge in [0.05, 0.1) is 11.4 Å². The summed E-state index contributed by atoms with van der Waals surface area (Å²) in [6.07, 6.45) is 5.38. The summed E-state index contributed by atoms with van der Waals surface area (Å²) < 4.78 is 4.28. The van der Waals surface area contributed by atoms with Crippen LogP contribution >= 0.6 is 0 Å². The van der Waals surface area contributed by atoms with Crippen LogP contribution in [0.15, 0.2) is 122 Å². The van der Waals surface area contributed by atoms with E-state index < -0.39 is 0 Å². The zero-order chi connectivity index (χ0) is 31.5. The summed E-state index contributed by atoms with van der Waals surface area (Å²) in [6, 6.07) is 34.7. The van der Waals surface area contributed by atoms with E-state index in [0.717, 1.165) is 84.3 Å². The molecule has 0 unspecified atom stereocenters. The van der Waals surface area contributed by atoms with Crippen LogP contribution in [0.25, 0.3) is 79.0 Å². The number of hydrogen-bond acceptors (Lipinski definition) is 6. The van der Waals surface area contributed by atoms with Crippen molar-refractivity contribution in [1.29, 1.82) is 0 Å². The Morgan fingerprint density at radius 3 is 1.51 bits per heavy atom. The lowest BCUT2D eigenvalue weighted by atomic mass is 10.0. The van der Waals surface area contributed by atoms with Gasteiger partial charge in [0.25, 0.3) is 0 Å². The molecule has 0 saturated carbocycles. The molecule has 6 aromatic heterocycles. The van der Waals surface area contributed by atoms with Crippen LogP contribution < -0.4 is 0 Å². The van der Waals surface area contributed by atoms with Crippen LogP contribution in [0.1, 0.15) is 11.1 Å². The largest absolute Gasteiger partial charge is 0.323 e. The van der Waals surface area contributed by atoms with Gasteiger partial charge < -0.3 is 4.98 Å². The van der Waals surface area contributed by atoms with Gasteiger partial charge in [-0.05, 0) is 91.7 Å². The number of aromatic nitrogens is 9. The number of fused-ring (bicyclic) bond motifs is 3. The number of para-hydroxylation sites is 2. The number of pyridine rings is 3. The number of rotatable bonds is 5. The first-order valence-electron chi connectivity index (χ1n) is 15.4. The third-order valence-corrected chi connectivity index (χ3v) is 8.52. The molecule has 9 nitrogen and oxygen atoms in total. The average Bonchev–Trinajstić information content (AvgIpc) is 3.82. The molecule has 0 atom stereocenters. The summed E-state index contributed by atoms with van der Waals surface area (Å²) in [4.78, 5) is 32.8. The first-order chi connectivity index (χ1) is 23.1. The molecular weight excluding hydrogens is 582 g/mol. The van der Waals surface area contributed by atoms with Gasteiger partial charge in [-0.1, -0.05) is 36.4 Å². The number of imidazole rings is 3. The molecular formula is C38H27N9. The van der Waals surface area contributed by atoms with E-state index in [2.05, 4.69) is 75.4 Å². The van der Waals surface area contributed by atoms with Crippen molar-refractivity contribution in [2.24, 2.45) is 0 Å². The highest BCUT2D eigenvalue weighted by Gasteiger charge is 2.22. The highest BCUT2D eigenvalue weighted by Crippen LogP contribution is 2.37. The molecule has 9 heteroatoms. The van der Waals surface area contributed by atoms with E-state index >= 15 is 0 Å². The van der Waals surface area contributed by atoms with Crippen molar-refractivity contribution in [1.82, 2.24) is 44.0 Å². The molecule has 9 aromatic rings. The highest BCUT2D eigenvalue weighted by molar-refractivity contribution is 5.87. The van der Waals surface area contributed by atoms with E-state index in [1.54, 1.807) is 6.20 Å². The van der Waals surface area contributed by atoms with Crippen molar-refractivity contribution in [3.05, 3.63) is 133 Å². The van der Waals surface area contributed by atoms with Crippen LogP contribution in [-0.4, -0.2) is 44.0 Å². The molecule has 0 aliphatic rings. The summed E-state index contributed by atoms with van der Waals surface area (Å²) in [5, 5.41) is 0. The molecule has 224 valence electrons. The summed E-state index contributed by atoms with van der Waals surface area (Å²) in [6.45, 7) is 4.21. The molecule has 0 saturated heterocycles. The molecule has 3 aromatic carbocycles. The molecule has 9 rings (SSSR count). The number of nitrogens with zero attached hydrogens (tertiary/aromatic N) is 8. The number of hydrogen-bond donors (Lipinski definition) is 1. The van der Waals surface area contributed by atoms with Crippen LogP contribution in [0.5, 0.6) is 0 Å². The average molecular weight is 610 g/mol. The standard InChI is InChI=1S/C38H27N9/c1-23-10-3-5-15-31(23)46-35(43-29-13-8-18-40-37(29)46)26-20-25(33-42-28-12-7-17-39-34(28)45-33)21-27(22-26)36-44-30-14-9-19-41-38(30)47(36)32-16-6-4-11-24(32)2/h3-22H,1-2H3,(H,39,42,45). The monoisotopic (exact) mass is 609 g/mol. The lowest BCUT2D eigenvalue weighted by Crippen LogP contribution is -2.03. The van der Waals surface area contributed by atoms with Gasteiger partial charge in [-0.25, -0.2) is 29.9 Å². The number of H-pyrrole nitrogens is 1. The smallest absolute Gasteiger partial charge is 0.164 e. The SMILES string of the molecule is Cc1ccccc1-n1c(-c2cc(-c3nc4cccnc4[nH]3)cc(-c3nc4cccnc4n3-c3ccccc3C)c2)nc2cccnc21. The maximum atomic E-state index is 5.17. The Morgan fingerprint density at radius 2 is 0.979 bits per heavy atom. The Bertz CT molecular complexity index is 2450. The van der Waals surface area contributed by atoms with Gasteiger partial charge in [0.1, 0.15) is 34.0 Å². The molecule has 0 bridgehead atoms. The van der Waals surface area contributed by atoms with Crippen molar-refractivity contribution >= 4 is 33.5 Å². The Morgan fingerprint density at radius 1 is 0.489 bits per heavy atom. The van der Waals surface area contributed by atoms with E-state index in [1.807, 2.05) is 73.1 Å². The van der Waals surface area contributed by atoms with Crippen LogP contribution in [0.2, 0.25) is 0 Å². The topological polar surface area (TPSA) is 103 Å². The lowest BCUT2D eigenvalue weighted by molar-refractivity contribution is 1.05. The van der Waals surface area contributed by atoms with Gasteiger partial charge in [0.2, 0.25) is 0 Å². The molecule has 0 amide bonds. The molecule has 1 N–H and O–H groups in total. The number of aryl methyl sites for hydroxylation is 2. The predicted octanol–water partition coefficient (Wildman–Crippen LogP) is 8.04. The zero-order valence-corrected chi connectivity index (χ0v) is 25.6. The summed E-state index contributed by atoms with van der Waals surface area (Å²) in [7, 11) is 0. The van der Waals surface area contributed by atoms with Gasteiger partial charge in [-0.15, -0.1) is 0 Å². The molecule has 0 aliphatic carbocycles. The summed E-state index contributed by atoms with van der Waals surface area (Å²) >= 11 is 0. The van der Waals surface area contributed by atoms with E-state index in [4.69, 9.17) is 24.9 Å². The quantitative estimate of drug-likeness (QED) is 0.212. The van der Waals surface area contributed by atoms with Crippen molar-refractivity contribution in [2.45, 2.75) is 13.8 Å². The van der Waals surface area contributed by atoms with Crippen molar-refractivity contribution in [2.75, 3.05) is 0 Å². The number of benzene rings is 3. The minimum Gasteiger partial charge on any atom is -0.323 e. The van der Waals surface area contributed by atoms with Gasteiger partial charge in [-0.2, -0.15) is 0 Å². The van der Waals surface area contributed by atoms with Crippen LogP contribution in [0.3, 0.4) is 0 Å². The van der Waals surface area contributed by atoms with Crippen molar-refractivity contribution < 1.29 is 0 Å². The third kappa shape index (κ3) is 4.39. The molecule has 0 fully saturated rings. The molecule has 0 spiro atoms. The number of aromatic amines is 1. The fourth-order valence-electron chi connectivity index (χ4n) is 6.30. The maximum Gasteiger partial charge on any atom is 0.164 e. The van der Waals surface area contributed by atoms with Crippen molar-refractivity contribution in [3.8, 4) is 45.5 Å². The Labute approximate surface area is 269 Å². The Kier molecular flexibility index (Phi) is 6.04. The summed E-state index contributed by atoms with van der Waals surface area (Å²) in [5.74, 6) is 2.24. The van der Waals surface area contributed by atoms with Gasteiger partial charge >= 0.3 is 0 Å². The van der Waals surface area contributed by atoms with Crippen LogP contribution in [0, 0.1) is 13.8 Å². The molecule has 47 heavy (non-hydrogen) atoms. The van der Waals surface area contributed by atoms with Gasteiger partial charge in [0.15, 0.2) is 16.9 Å². The maximum absolute atomic E-state index is 5.17. The zero-order valence-electron chi connectivity index (χ0n) is 25.6. The van der Waals surface area contributed by atoms with E-state index in [9.17, 15) is 0 Å². The minimum atomic E-state index is 0.704. The van der Waals surface area contributed by atoms with Crippen LogP contribution in [-0.2, 0) is 0 Å². The second-order valence-corrected chi connectivity index (χ2v) is 11.6. The lowest BCUT2D eigenvalue weighted by Gasteiger charge is -2.15. The first kappa shape index (κ1) is 26.9. The Balaban J connectivity index is 1.37. The number of nitrogens with one attached hydrogen (secondary N) is 1. The second-order valence-electron chi connectivity index (χ2n) is 11.6. The normalized spacial score (nSPS) is 11.6. The fourth-order valence-corrected chi connectivity index (χ4v) is 6.30. The van der Waals surface area contributed by atoms with Gasteiger partial charge in [0, 0.05) is 35.3 Å². The van der Waals surface area contributed by atoms with E-state index in [0.29, 0.717) is 5.82 Å². The minimum absolute atomic E-state index is 0.704. The predicted molar refractivity (Wildman–Crippen MR) is 185 cm³/mol. The van der Waals surface area contributed by atoms with E-state index in [-0.39, 0.29) is 0 Å². The highest BCUT2D eigenvalue weighted by atomic mass is 15.1. The fraction of sp³-hybridized carbons (Fsp3) is 0.0526. The Hall–Kier alpha value is -6.48.